The molecule has 4 nitrogen and oxygen atoms in total. The molecule has 19 heavy (non-hydrogen) atoms. The van der Waals surface area contributed by atoms with Gasteiger partial charge in [-0.2, -0.15) is 0 Å². The Balaban J connectivity index is 2.48. The summed E-state index contributed by atoms with van der Waals surface area (Å²) in [5.41, 5.74) is 3.05. The lowest BCUT2D eigenvalue weighted by molar-refractivity contribution is -0.115. The van der Waals surface area contributed by atoms with Crippen LogP contribution in [0.1, 0.15) is 18.9 Å². The monoisotopic (exact) mass is 277 g/mol. The maximum absolute atomic E-state index is 12.0. The largest absolute Gasteiger partial charge is 0.378 e. The van der Waals surface area contributed by atoms with Gasteiger partial charge in [-0.1, -0.05) is 31.2 Å². The molecule has 1 aromatic carbocycles. The van der Waals surface area contributed by atoms with Crippen molar-refractivity contribution in [2.45, 2.75) is 19.8 Å². The van der Waals surface area contributed by atoms with E-state index >= 15 is 0 Å². The number of rotatable bonds is 4. The molecule has 0 spiro atoms. The van der Waals surface area contributed by atoms with Gasteiger partial charge in [-0.05, 0) is 24.1 Å². The summed E-state index contributed by atoms with van der Waals surface area (Å²) in [6.45, 7) is 2.12. The van der Waals surface area contributed by atoms with Gasteiger partial charge in [0, 0.05) is 19.8 Å². The van der Waals surface area contributed by atoms with Crippen molar-refractivity contribution < 1.29 is 4.79 Å². The molecule has 1 saturated heterocycles. The smallest absolute Gasteiger partial charge is 0.243 e. The number of hydrogen-bond acceptors (Lipinski definition) is 4. The van der Waals surface area contributed by atoms with Crippen molar-refractivity contribution in [1.82, 2.24) is 0 Å². The van der Waals surface area contributed by atoms with Crippen LogP contribution in [0.5, 0.6) is 0 Å². The summed E-state index contributed by atoms with van der Waals surface area (Å²) in [5, 5.41) is 8.27. The topological polar surface area (TPSA) is 47.4 Å². The van der Waals surface area contributed by atoms with Crippen molar-refractivity contribution >= 4 is 34.2 Å². The number of benzene rings is 1. The second-order valence-electron chi connectivity index (χ2n) is 4.78. The normalized spacial score (nSPS) is 15.2. The lowest BCUT2D eigenvalue weighted by atomic mass is 10.1. The molecule has 1 amide bonds. The highest BCUT2D eigenvalue weighted by molar-refractivity contribution is 8.15. The Morgan fingerprint density at radius 1 is 1.42 bits per heavy atom. The molecule has 102 valence electrons. The molecule has 5 heteroatoms. The van der Waals surface area contributed by atoms with Crippen LogP contribution < -0.4 is 9.80 Å². The maximum Gasteiger partial charge on any atom is 0.243 e. The molecule has 0 aromatic heterocycles. The Morgan fingerprint density at radius 3 is 2.68 bits per heavy atom. The van der Waals surface area contributed by atoms with Gasteiger partial charge in [0.05, 0.1) is 11.4 Å². The van der Waals surface area contributed by atoms with E-state index in [1.54, 1.807) is 4.90 Å². The van der Waals surface area contributed by atoms with E-state index in [1.165, 1.54) is 11.8 Å². The van der Waals surface area contributed by atoms with E-state index < -0.39 is 0 Å². The van der Waals surface area contributed by atoms with Crippen molar-refractivity contribution in [3.63, 3.8) is 0 Å². The second-order valence-corrected chi connectivity index (χ2v) is 5.74. The quantitative estimate of drug-likeness (QED) is 0.920. The molecule has 1 aliphatic rings. The Bertz CT molecular complexity index is 497. The summed E-state index contributed by atoms with van der Waals surface area (Å²) in [6, 6.07) is 6.13. The zero-order valence-electron chi connectivity index (χ0n) is 11.6. The molecule has 1 N–H and O–H groups in total. The van der Waals surface area contributed by atoms with Crippen molar-refractivity contribution in [2.24, 2.45) is 0 Å². The first kappa shape index (κ1) is 13.9. The lowest BCUT2D eigenvalue weighted by Gasteiger charge is -2.22. The Labute approximate surface area is 118 Å². The number of amides is 1. The highest BCUT2D eigenvalue weighted by Gasteiger charge is 2.30. The molecular weight excluding hydrogens is 258 g/mol. The minimum atomic E-state index is 0.00302. The molecule has 1 aromatic rings. The van der Waals surface area contributed by atoms with Gasteiger partial charge >= 0.3 is 0 Å². The van der Waals surface area contributed by atoms with Crippen LogP contribution in [-0.2, 0) is 11.2 Å². The molecule has 0 aliphatic carbocycles. The van der Waals surface area contributed by atoms with Gasteiger partial charge in [0.15, 0.2) is 5.17 Å². The van der Waals surface area contributed by atoms with Crippen molar-refractivity contribution in [3.8, 4) is 0 Å². The highest BCUT2D eigenvalue weighted by Crippen LogP contribution is 2.32. The van der Waals surface area contributed by atoms with Crippen LogP contribution in [0.4, 0.5) is 11.4 Å². The number of amidine groups is 1. The van der Waals surface area contributed by atoms with Gasteiger partial charge in [-0.25, -0.2) is 0 Å². The first-order valence-corrected chi connectivity index (χ1v) is 7.37. The van der Waals surface area contributed by atoms with Crippen LogP contribution in [0, 0.1) is 5.41 Å². The molecule has 1 aliphatic heterocycles. The van der Waals surface area contributed by atoms with E-state index in [1.807, 2.05) is 25.1 Å². The number of carbonyl (C=O) groups is 1. The first-order valence-electron chi connectivity index (χ1n) is 6.39. The summed E-state index contributed by atoms with van der Waals surface area (Å²) >= 11 is 1.30. The van der Waals surface area contributed by atoms with Gasteiger partial charge < -0.3 is 4.90 Å². The van der Waals surface area contributed by atoms with Crippen LogP contribution in [-0.4, -0.2) is 30.9 Å². The van der Waals surface area contributed by atoms with Gasteiger partial charge in [-0.15, -0.1) is 0 Å². The fourth-order valence-electron chi connectivity index (χ4n) is 2.14. The molecule has 0 atom stereocenters. The van der Waals surface area contributed by atoms with Crippen molar-refractivity contribution in [3.05, 3.63) is 23.8 Å². The third-order valence-corrected chi connectivity index (χ3v) is 3.98. The third kappa shape index (κ3) is 2.76. The van der Waals surface area contributed by atoms with Gasteiger partial charge in [0.1, 0.15) is 0 Å². The van der Waals surface area contributed by atoms with E-state index in [-0.39, 0.29) is 5.91 Å². The number of nitrogens with zero attached hydrogens (tertiary/aromatic N) is 2. The van der Waals surface area contributed by atoms with E-state index in [0.29, 0.717) is 10.9 Å². The average Bonchev–Trinajstić information content (AvgIpc) is 2.70. The summed E-state index contributed by atoms with van der Waals surface area (Å²) in [5.74, 6) is 0.375. The van der Waals surface area contributed by atoms with Crippen LogP contribution in [0.15, 0.2) is 18.2 Å². The maximum atomic E-state index is 12.0. The minimum Gasteiger partial charge on any atom is -0.378 e. The molecule has 0 unspecified atom stereocenters. The average molecular weight is 277 g/mol. The predicted octanol–water partition coefficient (Wildman–Crippen LogP) is 2.72. The predicted molar refractivity (Wildman–Crippen MR) is 82.4 cm³/mol. The molecule has 0 saturated carbocycles. The molecule has 2 rings (SSSR count). The van der Waals surface area contributed by atoms with Crippen LogP contribution in [0.3, 0.4) is 0 Å². The standard InChI is InChI=1S/C14H19N3OS/c1-4-5-10-6-7-11(16(2)3)8-12(10)17-13(18)9-19-14(17)15/h6-8,15H,4-5,9H2,1-3H3. The van der Waals surface area contributed by atoms with E-state index in [9.17, 15) is 4.79 Å². The molecular formula is C14H19N3OS. The fourth-order valence-corrected chi connectivity index (χ4v) is 2.85. The Kier molecular flexibility index (Phi) is 4.14. The molecule has 1 heterocycles. The SMILES string of the molecule is CCCc1ccc(N(C)C)cc1N1C(=N)SCC1=O. The Morgan fingerprint density at radius 2 is 2.16 bits per heavy atom. The highest BCUT2D eigenvalue weighted by atomic mass is 32.2. The Hall–Kier alpha value is -1.49. The second kappa shape index (κ2) is 5.65. The summed E-state index contributed by atoms with van der Waals surface area (Å²) in [6.07, 6.45) is 1.95. The zero-order chi connectivity index (χ0) is 14.0. The fraction of sp³-hybridized carbons (Fsp3) is 0.429. The van der Waals surface area contributed by atoms with E-state index in [2.05, 4.69) is 19.1 Å². The number of anilines is 2. The summed E-state index contributed by atoms with van der Waals surface area (Å²) in [4.78, 5) is 15.5. The van der Waals surface area contributed by atoms with Gasteiger partial charge in [-0.3, -0.25) is 15.1 Å². The number of carbonyl (C=O) groups excluding carboxylic acids is 1. The third-order valence-electron chi connectivity index (χ3n) is 3.13. The number of nitrogens with one attached hydrogen (secondary N) is 1. The van der Waals surface area contributed by atoms with Crippen LogP contribution in [0.25, 0.3) is 0 Å². The number of hydrogen-bond donors (Lipinski definition) is 1. The number of thioether (sulfide) groups is 1. The number of aryl methyl sites for hydroxylation is 1. The van der Waals surface area contributed by atoms with Crippen LogP contribution >= 0.6 is 11.8 Å². The summed E-state index contributed by atoms with van der Waals surface area (Å²) in [7, 11) is 3.95. The van der Waals surface area contributed by atoms with Crippen LogP contribution in [0.2, 0.25) is 0 Å². The van der Waals surface area contributed by atoms with Gasteiger partial charge in [0.25, 0.3) is 0 Å². The zero-order valence-corrected chi connectivity index (χ0v) is 12.4. The minimum absolute atomic E-state index is 0.00302. The summed E-state index contributed by atoms with van der Waals surface area (Å²) < 4.78 is 0. The van der Waals surface area contributed by atoms with E-state index in [4.69, 9.17) is 5.41 Å². The van der Waals surface area contributed by atoms with E-state index in [0.717, 1.165) is 29.8 Å². The molecule has 1 fully saturated rings. The van der Waals surface area contributed by atoms with Crippen molar-refractivity contribution in [1.29, 1.82) is 5.41 Å². The lowest BCUT2D eigenvalue weighted by Crippen LogP contribution is -2.29. The first-order chi connectivity index (χ1) is 9.04. The molecule has 0 bridgehead atoms. The molecule has 0 radical (unpaired) electrons. The van der Waals surface area contributed by atoms with Gasteiger partial charge in [0.2, 0.25) is 5.91 Å². The van der Waals surface area contributed by atoms with Crippen molar-refractivity contribution in [2.75, 3.05) is 29.6 Å².